The number of phenols is 1. The molecule has 5 heteroatoms. The number of hydrogen-bond acceptors (Lipinski definition) is 4. The molecule has 1 N–H and O–H groups in total. The lowest BCUT2D eigenvalue weighted by molar-refractivity contribution is 0.413. The first-order chi connectivity index (χ1) is 13.6. The summed E-state index contributed by atoms with van der Waals surface area (Å²) < 4.78 is 19.9. The summed E-state index contributed by atoms with van der Waals surface area (Å²) in [5.74, 6) is 0.893. The molecule has 4 rings (SSSR count). The van der Waals surface area contributed by atoms with Crippen LogP contribution in [0.5, 0.6) is 11.5 Å². The predicted octanol–water partition coefficient (Wildman–Crippen LogP) is 5.78. The molecule has 3 nitrogen and oxygen atoms in total. The van der Waals surface area contributed by atoms with Gasteiger partial charge in [-0.3, -0.25) is 0 Å². The first kappa shape index (κ1) is 18.7. The number of rotatable bonds is 4. The van der Waals surface area contributed by atoms with Gasteiger partial charge in [-0.2, -0.15) is 0 Å². The molecule has 28 heavy (non-hydrogen) atoms. The molecule has 0 amide bonds. The van der Waals surface area contributed by atoms with E-state index in [1.165, 1.54) is 6.07 Å². The summed E-state index contributed by atoms with van der Waals surface area (Å²) in [7, 11) is 1.65. The van der Waals surface area contributed by atoms with Crippen molar-refractivity contribution in [1.82, 2.24) is 0 Å². The van der Waals surface area contributed by atoms with E-state index < -0.39 is 0 Å². The van der Waals surface area contributed by atoms with E-state index in [9.17, 15) is 9.50 Å². The van der Waals surface area contributed by atoms with Crippen molar-refractivity contribution in [3.8, 4) is 11.5 Å². The van der Waals surface area contributed by atoms with Crippen molar-refractivity contribution in [3.63, 3.8) is 0 Å². The number of phenolic OH excluding ortho intramolecular Hbond substituents is 1. The highest BCUT2D eigenvalue weighted by atomic mass is 32.2. The molecule has 0 aliphatic carbocycles. The van der Waals surface area contributed by atoms with Gasteiger partial charge in [0, 0.05) is 28.8 Å². The third-order valence-electron chi connectivity index (χ3n) is 4.97. The zero-order chi connectivity index (χ0) is 19.5. The zero-order valence-corrected chi connectivity index (χ0v) is 16.5. The lowest BCUT2D eigenvalue weighted by Crippen LogP contribution is -2.24. The molecule has 1 atom stereocenters. The van der Waals surface area contributed by atoms with Crippen molar-refractivity contribution in [1.29, 1.82) is 0 Å². The van der Waals surface area contributed by atoms with E-state index in [-0.39, 0.29) is 16.8 Å². The van der Waals surface area contributed by atoms with Gasteiger partial charge in [0.25, 0.3) is 0 Å². The van der Waals surface area contributed by atoms with E-state index in [0.29, 0.717) is 6.54 Å². The SMILES string of the molecule is COc1ccc2c(c1)S[C@@H](c1ccccc1F)CCN2Cc1cccc(O)c1. The maximum Gasteiger partial charge on any atom is 0.127 e. The van der Waals surface area contributed by atoms with Crippen molar-refractivity contribution < 1.29 is 14.2 Å². The minimum atomic E-state index is -0.161. The van der Waals surface area contributed by atoms with Gasteiger partial charge in [0.05, 0.1) is 12.8 Å². The predicted molar refractivity (Wildman–Crippen MR) is 112 cm³/mol. The molecule has 0 saturated heterocycles. The van der Waals surface area contributed by atoms with Crippen LogP contribution in [0.4, 0.5) is 10.1 Å². The summed E-state index contributed by atoms with van der Waals surface area (Å²) in [6, 6.07) is 20.4. The maximum atomic E-state index is 14.4. The fraction of sp³-hybridized carbons (Fsp3) is 0.217. The number of thioether (sulfide) groups is 1. The summed E-state index contributed by atoms with van der Waals surface area (Å²) in [6.45, 7) is 1.47. The van der Waals surface area contributed by atoms with E-state index in [0.717, 1.165) is 40.4 Å². The van der Waals surface area contributed by atoms with E-state index in [1.807, 2.05) is 36.4 Å². The number of ether oxygens (including phenoxy) is 1. The third kappa shape index (κ3) is 3.94. The monoisotopic (exact) mass is 395 g/mol. The van der Waals surface area contributed by atoms with Crippen molar-refractivity contribution in [2.45, 2.75) is 23.1 Å². The molecule has 0 bridgehead atoms. The van der Waals surface area contributed by atoms with Crippen LogP contribution in [0, 0.1) is 5.82 Å². The Morgan fingerprint density at radius 1 is 1.11 bits per heavy atom. The second-order valence-electron chi connectivity index (χ2n) is 6.84. The zero-order valence-electron chi connectivity index (χ0n) is 15.6. The lowest BCUT2D eigenvalue weighted by atomic mass is 10.1. The second kappa shape index (κ2) is 8.15. The molecular formula is C23H22FNO2S. The van der Waals surface area contributed by atoms with Crippen LogP contribution in [0.15, 0.2) is 71.6 Å². The minimum Gasteiger partial charge on any atom is -0.508 e. The van der Waals surface area contributed by atoms with Crippen molar-refractivity contribution in [2.24, 2.45) is 0 Å². The van der Waals surface area contributed by atoms with Crippen LogP contribution in [0.2, 0.25) is 0 Å². The third-order valence-corrected chi connectivity index (χ3v) is 6.33. The summed E-state index contributed by atoms with van der Waals surface area (Å²) in [6.07, 6.45) is 0.821. The Kier molecular flexibility index (Phi) is 5.44. The Labute approximate surface area is 168 Å². The highest BCUT2D eigenvalue weighted by Gasteiger charge is 2.25. The second-order valence-corrected chi connectivity index (χ2v) is 8.09. The quantitative estimate of drug-likeness (QED) is 0.607. The van der Waals surface area contributed by atoms with Gasteiger partial charge in [-0.25, -0.2) is 4.39 Å². The Morgan fingerprint density at radius 2 is 1.96 bits per heavy atom. The number of aromatic hydroxyl groups is 1. The van der Waals surface area contributed by atoms with Gasteiger partial charge >= 0.3 is 0 Å². The Morgan fingerprint density at radius 3 is 2.75 bits per heavy atom. The number of hydrogen-bond donors (Lipinski definition) is 1. The number of anilines is 1. The van der Waals surface area contributed by atoms with Gasteiger partial charge in [-0.05, 0) is 48.4 Å². The highest BCUT2D eigenvalue weighted by Crippen LogP contribution is 2.47. The van der Waals surface area contributed by atoms with Crippen LogP contribution < -0.4 is 9.64 Å². The smallest absolute Gasteiger partial charge is 0.127 e. The number of nitrogens with zero attached hydrogens (tertiary/aromatic N) is 1. The Balaban J connectivity index is 1.70. The molecule has 0 radical (unpaired) electrons. The summed E-state index contributed by atoms with van der Waals surface area (Å²) in [5.41, 5.74) is 2.88. The molecule has 1 aliphatic rings. The van der Waals surface area contributed by atoms with Crippen LogP contribution in [-0.4, -0.2) is 18.8 Å². The summed E-state index contributed by atoms with van der Waals surface area (Å²) in [4.78, 5) is 3.36. The van der Waals surface area contributed by atoms with Gasteiger partial charge in [-0.15, -0.1) is 11.8 Å². The van der Waals surface area contributed by atoms with Gasteiger partial charge < -0.3 is 14.7 Å². The normalized spacial score (nSPS) is 16.4. The summed E-state index contributed by atoms with van der Waals surface area (Å²) >= 11 is 1.68. The number of fused-ring (bicyclic) bond motifs is 1. The van der Waals surface area contributed by atoms with Gasteiger partial charge in [0.1, 0.15) is 17.3 Å². The molecule has 1 heterocycles. The van der Waals surface area contributed by atoms with Crippen LogP contribution in [0.1, 0.15) is 22.8 Å². The van der Waals surface area contributed by atoms with E-state index in [4.69, 9.17) is 4.74 Å². The van der Waals surface area contributed by atoms with Crippen LogP contribution in [0.3, 0.4) is 0 Å². The topological polar surface area (TPSA) is 32.7 Å². The largest absolute Gasteiger partial charge is 0.508 e. The van der Waals surface area contributed by atoms with Crippen molar-refractivity contribution >= 4 is 17.4 Å². The average molecular weight is 395 g/mol. The average Bonchev–Trinajstić information content (AvgIpc) is 2.87. The van der Waals surface area contributed by atoms with Gasteiger partial charge in [-0.1, -0.05) is 30.3 Å². The molecule has 3 aromatic carbocycles. The standard InChI is InChI=1S/C23H22FNO2S/c1-27-18-9-10-21-23(14-18)28-22(19-7-2-3-8-20(19)24)11-12-25(21)15-16-5-4-6-17(26)13-16/h2-10,13-14,22,26H,11-12,15H2,1H3/t22-/m1/s1. The molecule has 0 saturated carbocycles. The van der Waals surface area contributed by atoms with E-state index >= 15 is 0 Å². The fourth-order valence-electron chi connectivity index (χ4n) is 3.58. The van der Waals surface area contributed by atoms with Gasteiger partial charge in [0.2, 0.25) is 0 Å². The molecule has 3 aromatic rings. The Bertz CT molecular complexity index is 978. The van der Waals surface area contributed by atoms with Gasteiger partial charge in [0.15, 0.2) is 0 Å². The molecule has 0 unspecified atom stereocenters. The molecule has 0 spiro atoms. The molecule has 144 valence electrons. The number of methoxy groups -OCH3 is 1. The molecular weight excluding hydrogens is 373 g/mol. The van der Waals surface area contributed by atoms with E-state index in [2.05, 4.69) is 11.0 Å². The number of halogens is 1. The first-order valence-electron chi connectivity index (χ1n) is 9.26. The van der Waals surface area contributed by atoms with Crippen LogP contribution >= 0.6 is 11.8 Å². The minimum absolute atomic E-state index is 0.0289. The number of benzene rings is 3. The molecule has 1 aliphatic heterocycles. The summed E-state index contributed by atoms with van der Waals surface area (Å²) in [5, 5.41) is 9.83. The fourth-order valence-corrected chi connectivity index (χ4v) is 4.93. The highest BCUT2D eigenvalue weighted by molar-refractivity contribution is 7.99. The lowest BCUT2D eigenvalue weighted by Gasteiger charge is -2.25. The van der Waals surface area contributed by atoms with Crippen molar-refractivity contribution in [2.75, 3.05) is 18.6 Å². The Hall–Kier alpha value is -2.66. The molecule has 0 aromatic heterocycles. The van der Waals surface area contributed by atoms with Crippen LogP contribution in [-0.2, 0) is 6.54 Å². The first-order valence-corrected chi connectivity index (χ1v) is 10.1. The van der Waals surface area contributed by atoms with Crippen LogP contribution in [0.25, 0.3) is 0 Å². The maximum absolute atomic E-state index is 14.4. The van der Waals surface area contributed by atoms with E-state index in [1.54, 1.807) is 37.1 Å². The molecule has 0 fully saturated rings. The van der Waals surface area contributed by atoms with Crippen molar-refractivity contribution in [3.05, 3.63) is 83.7 Å².